The third-order valence-electron chi connectivity index (χ3n) is 6.71. The molecule has 6 rings (SSSR count). The molecule has 0 spiro atoms. The molecule has 3 aliphatic heterocycles. The van der Waals surface area contributed by atoms with Gasteiger partial charge in [0.2, 0.25) is 0 Å². The predicted molar refractivity (Wildman–Crippen MR) is 138 cm³/mol. The molecular formula is C23H27Cl2N5O3S. The molecule has 3 aromatic heterocycles. The minimum atomic E-state index is -0.0343. The minimum Gasteiger partial charge on any atom is -0.480 e. The van der Waals surface area contributed by atoms with E-state index in [1.54, 1.807) is 28.5 Å². The summed E-state index contributed by atoms with van der Waals surface area (Å²) in [6.45, 7) is 5.08. The Kier molecular flexibility index (Phi) is 7.59. The number of pyridine rings is 3. The molecule has 6 heterocycles. The first-order valence-electron chi connectivity index (χ1n) is 11.1. The van der Waals surface area contributed by atoms with E-state index in [0.717, 1.165) is 61.6 Å². The first kappa shape index (κ1) is 25.1. The van der Waals surface area contributed by atoms with Gasteiger partial charge in [0.15, 0.2) is 5.75 Å². The number of hydrogen-bond acceptors (Lipinski definition) is 7. The first-order valence-corrected chi connectivity index (χ1v) is 12.1. The molecule has 0 radical (unpaired) electrons. The van der Waals surface area contributed by atoms with Crippen LogP contribution in [0.3, 0.4) is 0 Å². The third-order valence-corrected chi connectivity index (χ3v) is 7.58. The Labute approximate surface area is 213 Å². The van der Waals surface area contributed by atoms with E-state index in [4.69, 9.17) is 4.74 Å². The molecule has 1 saturated heterocycles. The van der Waals surface area contributed by atoms with E-state index in [1.165, 1.54) is 4.90 Å². The highest BCUT2D eigenvalue weighted by molar-refractivity contribution is 7.99. The second-order valence-corrected chi connectivity index (χ2v) is 9.79. The summed E-state index contributed by atoms with van der Waals surface area (Å²) in [6, 6.07) is 8.95. The van der Waals surface area contributed by atoms with Crippen molar-refractivity contribution in [1.82, 2.24) is 24.3 Å². The number of hydrogen-bond donors (Lipinski definition) is 1. The number of fused-ring (bicyclic) bond motifs is 1. The second-order valence-electron chi connectivity index (χ2n) is 8.83. The molecule has 3 aliphatic rings. The van der Waals surface area contributed by atoms with Gasteiger partial charge in [-0.05, 0) is 43.6 Å². The fourth-order valence-corrected chi connectivity index (χ4v) is 5.96. The van der Waals surface area contributed by atoms with E-state index in [-0.39, 0.29) is 42.0 Å². The van der Waals surface area contributed by atoms with Gasteiger partial charge in [0.05, 0.1) is 22.8 Å². The minimum absolute atomic E-state index is 0. The van der Waals surface area contributed by atoms with Crippen molar-refractivity contribution in [3.05, 3.63) is 62.9 Å². The maximum Gasteiger partial charge on any atom is 0.252 e. The van der Waals surface area contributed by atoms with Crippen molar-refractivity contribution in [3.8, 4) is 5.75 Å². The smallest absolute Gasteiger partial charge is 0.252 e. The summed E-state index contributed by atoms with van der Waals surface area (Å²) in [5.74, 6) is 2.13. The first-order chi connectivity index (χ1) is 15.7. The van der Waals surface area contributed by atoms with Gasteiger partial charge in [-0.1, -0.05) is 11.8 Å². The van der Waals surface area contributed by atoms with Crippen molar-refractivity contribution in [2.24, 2.45) is 5.92 Å². The molecule has 0 unspecified atom stereocenters. The molecule has 3 aromatic rings. The quantitative estimate of drug-likeness (QED) is 0.531. The lowest BCUT2D eigenvalue weighted by Gasteiger charge is -2.22. The highest BCUT2D eigenvalue weighted by atomic mass is 35.5. The summed E-state index contributed by atoms with van der Waals surface area (Å²) in [7, 11) is 0. The maximum atomic E-state index is 12.6. The Hall–Kier alpha value is -2.04. The van der Waals surface area contributed by atoms with E-state index >= 15 is 0 Å². The molecule has 0 aromatic carbocycles. The number of rotatable bonds is 6. The molecule has 182 valence electrons. The lowest BCUT2D eigenvalue weighted by Crippen LogP contribution is -2.34. The monoisotopic (exact) mass is 523 g/mol. The number of likely N-dealkylation sites (tertiary alicyclic amines) is 1. The molecular weight excluding hydrogens is 497 g/mol. The molecule has 0 aliphatic carbocycles. The average molecular weight is 524 g/mol. The van der Waals surface area contributed by atoms with Crippen LogP contribution in [-0.2, 0) is 13.1 Å². The zero-order valence-electron chi connectivity index (χ0n) is 18.5. The van der Waals surface area contributed by atoms with Gasteiger partial charge >= 0.3 is 0 Å². The summed E-state index contributed by atoms with van der Waals surface area (Å²) in [5, 5.41) is 4.50. The van der Waals surface area contributed by atoms with Gasteiger partial charge in [0, 0.05) is 43.7 Å². The van der Waals surface area contributed by atoms with Crippen LogP contribution in [0.5, 0.6) is 5.75 Å². The van der Waals surface area contributed by atoms with Crippen molar-refractivity contribution in [1.29, 1.82) is 0 Å². The molecule has 0 saturated carbocycles. The van der Waals surface area contributed by atoms with Crippen LogP contribution in [-0.4, -0.2) is 51.1 Å². The molecule has 1 N–H and O–H groups in total. The fraction of sp³-hybridized carbons (Fsp3) is 0.435. The van der Waals surface area contributed by atoms with Crippen molar-refractivity contribution in [3.63, 3.8) is 0 Å². The van der Waals surface area contributed by atoms with Crippen molar-refractivity contribution in [2.45, 2.75) is 30.4 Å². The fourth-order valence-electron chi connectivity index (χ4n) is 5.18. The van der Waals surface area contributed by atoms with Crippen LogP contribution >= 0.6 is 36.6 Å². The number of thioether (sulfide) groups is 1. The number of aromatic nitrogens is 3. The van der Waals surface area contributed by atoms with Crippen molar-refractivity contribution >= 4 is 47.6 Å². The molecule has 34 heavy (non-hydrogen) atoms. The predicted octanol–water partition coefficient (Wildman–Crippen LogP) is 2.51. The lowest BCUT2D eigenvalue weighted by atomic mass is 10.1. The maximum absolute atomic E-state index is 12.6. The molecule has 8 nitrogen and oxygen atoms in total. The van der Waals surface area contributed by atoms with E-state index in [0.29, 0.717) is 18.4 Å². The molecule has 11 heteroatoms. The van der Waals surface area contributed by atoms with Gasteiger partial charge in [-0.25, -0.2) is 0 Å². The Morgan fingerprint density at radius 3 is 2.79 bits per heavy atom. The standard InChI is InChI=1S/C23H25N5O3S.2ClH/c29-21-3-1-16-2-4-22(30)28-18(13-27(21)23(16)28)12-26-6-5-15(11-26)8-24-9-17-7-20-19(10-25-17)31-14-32-20;;/h1-4,7,10,15,18,24H,5-6,8-9,11-14H2;2*1H/t15-,18+;;/m0../s1. The van der Waals surface area contributed by atoms with Crippen molar-refractivity contribution < 1.29 is 4.74 Å². The van der Waals surface area contributed by atoms with Crippen LogP contribution in [0.15, 0.2) is 51.0 Å². The normalized spacial score (nSPS) is 20.6. The molecule has 1 fully saturated rings. The third kappa shape index (κ3) is 4.59. The lowest BCUT2D eigenvalue weighted by molar-refractivity contribution is 0.264. The van der Waals surface area contributed by atoms with Gasteiger partial charge < -0.3 is 15.0 Å². The van der Waals surface area contributed by atoms with Gasteiger partial charge in [0.1, 0.15) is 11.6 Å². The van der Waals surface area contributed by atoms with Gasteiger partial charge in [-0.3, -0.25) is 23.7 Å². The topological polar surface area (TPSA) is 81.4 Å². The van der Waals surface area contributed by atoms with Crippen LogP contribution in [0.2, 0.25) is 0 Å². The van der Waals surface area contributed by atoms with Crippen molar-refractivity contribution in [2.75, 3.05) is 32.1 Å². The largest absolute Gasteiger partial charge is 0.480 e. The molecule has 0 bridgehead atoms. The Bertz CT molecular complexity index is 1310. The highest BCUT2D eigenvalue weighted by Gasteiger charge is 2.30. The summed E-state index contributed by atoms with van der Waals surface area (Å²) < 4.78 is 9.07. The van der Waals surface area contributed by atoms with E-state index in [1.807, 2.05) is 22.9 Å². The van der Waals surface area contributed by atoms with Gasteiger partial charge in [-0.15, -0.1) is 24.8 Å². The van der Waals surface area contributed by atoms with Gasteiger partial charge in [0.25, 0.3) is 11.1 Å². The molecule has 0 amide bonds. The van der Waals surface area contributed by atoms with E-state index in [2.05, 4.69) is 21.3 Å². The van der Waals surface area contributed by atoms with Crippen LogP contribution < -0.4 is 21.2 Å². The average Bonchev–Trinajstić information content (AvgIpc) is 3.52. The Morgan fingerprint density at radius 2 is 1.94 bits per heavy atom. The number of nitrogens with zero attached hydrogens (tertiary/aromatic N) is 4. The Morgan fingerprint density at radius 1 is 1.12 bits per heavy atom. The summed E-state index contributed by atoms with van der Waals surface area (Å²) in [6.07, 6.45) is 2.95. The number of nitrogens with one attached hydrogen (secondary N) is 1. The van der Waals surface area contributed by atoms with Gasteiger partial charge in [-0.2, -0.15) is 0 Å². The zero-order valence-corrected chi connectivity index (χ0v) is 21.0. The van der Waals surface area contributed by atoms with Crippen LogP contribution in [0.4, 0.5) is 0 Å². The summed E-state index contributed by atoms with van der Waals surface area (Å²) in [5.41, 5.74) is 1.74. The number of halogens is 2. The SMILES string of the molecule is Cl.Cl.O=c1ccc2ccc(=O)n3c2n1C[C@H]3CN1CC[C@@H](CNCc2cc3c(cn2)OCS3)C1. The number of ether oxygens (including phenoxy) is 1. The summed E-state index contributed by atoms with van der Waals surface area (Å²) >= 11 is 1.71. The van der Waals surface area contributed by atoms with E-state index < -0.39 is 0 Å². The molecule has 2 atom stereocenters. The van der Waals surface area contributed by atoms with Crippen LogP contribution in [0, 0.1) is 5.92 Å². The van der Waals surface area contributed by atoms with Crippen LogP contribution in [0.1, 0.15) is 18.2 Å². The zero-order chi connectivity index (χ0) is 21.7. The van der Waals surface area contributed by atoms with E-state index in [9.17, 15) is 9.59 Å². The summed E-state index contributed by atoms with van der Waals surface area (Å²) in [4.78, 5) is 33.0. The Balaban J connectivity index is 0.00000137. The highest BCUT2D eigenvalue weighted by Crippen LogP contribution is 2.35. The van der Waals surface area contributed by atoms with Crippen LogP contribution in [0.25, 0.3) is 11.0 Å². The second kappa shape index (κ2) is 10.3.